The van der Waals surface area contributed by atoms with E-state index in [4.69, 9.17) is 9.47 Å². The number of carbonyl (C=O) groups excluding carboxylic acids is 1. The summed E-state index contributed by atoms with van der Waals surface area (Å²) >= 11 is 0. The molecule has 1 aliphatic heterocycles. The zero-order chi connectivity index (χ0) is 12.9. The first-order chi connectivity index (χ1) is 7.92. The van der Waals surface area contributed by atoms with Crippen LogP contribution in [0, 0.1) is 0 Å². The summed E-state index contributed by atoms with van der Waals surface area (Å²) in [7, 11) is 1.58. The average molecular weight is 242 g/mol. The highest BCUT2D eigenvalue weighted by molar-refractivity contribution is 5.85. The van der Waals surface area contributed by atoms with E-state index in [0.29, 0.717) is 5.90 Å². The molecule has 1 rings (SSSR count). The zero-order valence-corrected chi connectivity index (χ0v) is 11.1. The highest BCUT2D eigenvalue weighted by Crippen LogP contribution is 2.11. The molecule has 98 valence electrons. The molecule has 1 amide bonds. The molecule has 17 heavy (non-hydrogen) atoms. The van der Waals surface area contributed by atoms with Crippen molar-refractivity contribution in [2.24, 2.45) is 4.99 Å². The van der Waals surface area contributed by atoms with E-state index in [1.54, 1.807) is 7.11 Å². The van der Waals surface area contributed by atoms with E-state index >= 15 is 0 Å². The summed E-state index contributed by atoms with van der Waals surface area (Å²) in [6, 6.07) is -0.169. The Morgan fingerprint density at radius 3 is 2.71 bits per heavy atom. The predicted octanol–water partition coefficient (Wildman–Crippen LogP) is 2.11. The van der Waals surface area contributed by atoms with E-state index in [1.807, 2.05) is 20.8 Å². The monoisotopic (exact) mass is 242 g/mol. The van der Waals surface area contributed by atoms with Gasteiger partial charge in [0, 0.05) is 6.54 Å². The van der Waals surface area contributed by atoms with Crippen molar-refractivity contribution in [2.45, 2.75) is 51.7 Å². The summed E-state index contributed by atoms with van der Waals surface area (Å²) in [4.78, 5) is 16.0. The van der Waals surface area contributed by atoms with Crippen molar-refractivity contribution in [3.05, 3.63) is 0 Å². The maximum absolute atomic E-state index is 11.7. The molecule has 0 aromatic rings. The maximum atomic E-state index is 11.7. The Bertz CT molecular complexity index is 295. The highest BCUT2D eigenvalue weighted by atomic mass is 16.6. The Labute approximate surface area is 103 Å². The van der Waals surface area contributed by atoms with E-state index in [1.165, 1.54) is 0 Å². The summed E-state index contributed by atoms with van der Waals surface area (Å²) in [6.07, 6.45) is 2.47. The Morgan fingerprint density at radius 1 is 1.41 bits per heavy atom. The fourth-order valence-electron chi connectivity index (χ4n) is 1.67. The van der Waals surface area contributed by atoms with Crippen molar-refractivity contribution in [1.29, 1.82) is 0 Å². The number of rotatable bonds is 1. The molecule has 0 saturated heterocycles. The van der Waals surface area contributed by atoms with E-state index in [0.717, 1.165) is 25.8 Å². The molecular weight excluding hydrogens is 220 g/mol. The van der Waals surface area contributed by atoms with Gasteiger partial charge in [0.25, 0.3) is 0 Å². The third kappa shape index (κ3) is 5.06. The van der Waals surface area contributed by atoms with Gasteiger partial charge in [0.05, 0.1) is 7.11 Å². The fourth-order valence-corrected chi connectivity index (χ4v) is 1.67. The SMILES string of the molecule is COC1=NCCCC[C@@H]1NC(=O)OC(C)(C)C. The number of alkyl carbamates (subject to hydrolysis) is 1. The number of ether oxygens (including phenoxy) is 2. The van der Waals surface area contributed by atoms with Crippen LogP contribution in [0.2, 0.25) is 0 Å². The number of carbonyl (C=O) groups is 1. The third-order valence-corrected chi connectivity index (χ3v) is 2.37. The molecule has 1 aliphatic rings. The third-order valence-electron chi connectivity index (χ3n) is 2.37. The van der Waals surface area contributed by atoms with Crippen LogP contribution in [0.1, 0.15) is 40.0 Å². The van der Waals surface area contributed by atoms with Gasteiger partial charge >= 0.3 is 6.09 Å². The van der Waals surface area contributed by atoms with Gasteiger partial charge in [-0.1, -0.05) is 0 Å². The summed E-state index contributed by atoms with van der Waals surface area (Å²) in [5.41, 5.74) is -0.487. The maximum Gasteiger partial charge on any atom is 0.408 e. The molecule has 1 heterocycles. The Balaban J connectivity index is 2.56. The van der Waals surface area contributed by atoms with Crippen LogP contribution in [0.25, 0.3) is 0 Å². The number of hydrogen-bond acceptors (Lipinski definition) is 4. The number of methoxy groups -OCH3 is 1. The van der Waals surface area contributed by atoms with Crippen LogP contribution < -0.4 is 5.32 Å². The van der Waals surface area contributed by atoms with Crippen LogP contribution in [-0.4, -0.2) is 37.3 Å². The summed E-state index contributed by atoms with van der Waals surface area (Å²) in [5.74, 6) is 0.591. The molecule has 0 spiro atoms. The van der Waals surface area contributed by atoms with Gasteiger partial charge < -0.3 is 14.8 Å². The van der Waals surface area contributed by atoms with E-state index in [2.05, 4.69) is 10.3 Å². The van der Waals surface area contributed by atoms with Gasteiger partial charge in [-0.05, 0) is 40.0 Å². The lowest BCUT2D eigenvalue weighted by molar-refractivity contribution is 0.0511. The van der Waals surface area contributed by atoms with Crippen molar-refractivity contribution in [3.63, 3.8) is 0 Å². The lowest BCUT2D eigenvalue weighted by Gasteiger charge is -2.23. The molecule has 0 fully saturated rings. The number of nitrogens with zero attached hydrogens (tertiary/aromatic N) is 1. The predicted molar refractivity (Wildman–Crippen MR) is 66.3 cm³/mol. The van der Waals surface area contributed by atoms with E-state index in [9.17, 15) is 4.79 Å². The quantitative estimate of drug-likeness (QED) is 0.766. The van der Waals surface area contributed by atoms with Gasteiger partial charge in [-0.15, -0.1) is 0 Å². The van der Waals surface area contributed by atoms with Gasteiger partial charge in [-0.2, -0.15) is 0 Å². The lowest BCUT2D eigenvalue weighted by atomic mass is 10.1. The van der Waals surface area contributed by atoms with Crippen LogP contribution in [0.3, 0.4) is 0 Å². The molecular formula is C12H22N2O3. The first-order valence-electron chi connectivity index (χ1n) is 6.00. The first kappa shape index (κ1) is 13.8. The molecule has 0 unspecified atom stereocenters. The summed E-state index contributed by atoms with van der Waals surface area (Å²) < 4.78 is 10.4. The number of aliphatic imine (C=N–C) groups is 1. The Kier molecular flexibility index (Phi) is 4.78. The molecule has 0 bridgehead atoms. The summed E-state index contributed by atoms with van der Waals surface area (Å²) in [5, 5.41) is 2.80. The number of hydrogen-bond donors (Lipinski definition) is 1. The second-order valence-corrected chi connectivity index (χ2v) is 5.12. The van der Waals surface area contributed by atoms with Crippen LogP contribution in [0.4, 0.5) is 4.79 Å². The van der Waals surface area contributed by atoms with Gasteiger partial charge in [0.15, 0.2) is 0 Å². The topological polar surface area (TPSA) is 59.9 Å². The minimum Gasteiger partial charge on any atom is -0.483 e. The average Bonchev–Trinajstić information content (AvgIpc) is 2.39. The van der Waals surface area contributed by atoms with Crippen LogP contribution in [0.15, 0.2) is 4.99 Å². The van der Waals surface area contributed by atoms with Crippen molar-refractivity contribution in [3.8, 4) is 0 Å². The van der Waals surface area contributed by atoms with Gasteiger partial charge in [0.1, 0.15) is 11.6 Å². The standard InChI is InChI=1S/C12H22N2O3/c1-12(2,3)17-11(15)14-9-7-5-6-8-13-10(9)16-4/h9H,5-8H2,1-4H3,(H,14,15)/t9-/m0/s1. The molecule has 5 nitrogen and oxygen atoms in total. The molecule has 5 heteroatoms. The van der Waals surface area contributed by atoms with Crippen LogP contribution in [0.5, 0.6) is 0 Å². The normalized spacial score (nSPS) is 21.2. The molecule has 0 aromatic carbocycles. The molecule has 0 aliphatic carbocycles. The molecule has 1 N–H and O–H groups in total. The van der Waals surface area contributed by atoms with Crippen molar-refractivity contribution < 1.29 is 14.3 Å². The molecule has 0 radical (unpaired) electrons. The summed E-state index contributed by atoms with van der Waals surface area (Å²) in [6.45, 7) is 6.27. The van der Waals surface area contributed by atoms with E-state index < -0.39 is 11.7 Å². The minimum atomic E-state index is -0.487. The lowest BCUT2D eigenvalue weighted by Crippen LogP contribution is -2.43. The van der Waals surface area contributed by atoms with Crippen molar-refractivity contribution >= 4 is 12.0 Å². The van der Waals surface area contributed by atoms with Gasteiger partial charge in [-0.3, -0.25) is 4.99 Å². The largest absolute Gasteiger partial charge is 0.483 e. The molecule has 0 saturated carbocycles. The molecule has 0 aromatic heterocycles. The number of nitrogens with one attached hydrogen (secondary N) is 1. The fraction of sp³-hybridized carbons (Fsp3) is 0.833. The van der Waals surface area contributed by atoms with E-state index in [-0.39, 0.29) is 6.04 Å². The Morgan fingerprint density at radius 2 is 2.12 bits per heavy atom. The van der Waals surface area contributed by atoms with Crippen LogP contribution in [-0.2, 0) is 9.47 Å². The van der Waals surface area contributed by atoms with Crippen LogP contribution >= 0.6 is 0 Å². The minimum absolute atomic E-state index is 0.169. The second kappa shape index (κ2) is 5.89. The smallest absolute Gasteiger partial charge is 0.408 e. The zero-order valence-electron chi connectivity index (χ0n) is 11.1. The second-order valence-electron chi connectivity index (χ2n) is 5.12. The molecule has 1 atom stereocenters. The van der Waals surface area contributed by atoms with Crippen molar-refractivity contribution in [1.82, 2.24) is 5.32 Å². The first-order valence-corrected chi connectivity index (χ1v) is 6.00. The van der Waals surface area contributed by atoms with Crippen molar-refractivity contribution in [2.75, 3.05) is 13.7 Å². The van der Waals surface area contributed by atoms with Gasteiger partial charge in [-0.25, -0.2) is 4.79 Å². The van der Waals surface area contributed by atoms with Gasteiger partial charge in [0.2, 0.25) is 5.90 Å². The number of amides is 1. The highest BCUT2D eigenvalue weighted by Gasteiger charge is 2.24. The Hall–Kier alpha value is -1.26.